The van der Waals surface area contributed by atoms with E-state index in [2.05, 4.69) is 18.3 Å². The molecular weight excluding hydrogens is 282 g/mol. The molecule has 2 aromatic rings. The number of rotatable bonds is 7. The second-order valence-corrected chi connectivity index (χ2v) is 5.98. The third kappa shape index (κ3) is 3.52. The molecule has 0 radical (unpaired) electrons. The first-order chi connectivity index (χ1) is 10.2. The monoisotopic (exact) mass is 303 g/mol. The molecule has 0 amide bonds. The van der Waals surface area contributed by atoms with Gasteiger partial charge in [-0.3, -0.25) is 5.32 Å². The van der Waals surface area contributed by atoms with Crippen molar-refractivity contribution >= 4 is 17.3 Å². The predicted octanol–water partition coefficient (Wildman–Crippen LogP) is 3.71. The molecule has 1 aromatic heterocycles. The van der Waals surface area contributed by atoms with Crippen molar-refractivity contribution < 1.29 is 9.53 Å². The van der Waals surface area contributed by atoms with Gasteiger partial charge in [-0.25, -0.2) is 4.79 Å². The number of hydrogen-bond donors (Lipinski definition) is 1. The largest absolute Gasteiger partial charge is 0.467 e. The lowest BCUT2D eigenvalue weighted by molar-refractivity contribution is -0.149. The number of carbonyl (C=O) groups excluding carboxylic acids is 1. The Labute approximate surface area is 130 Å². The summed E-state index contributed by atoms with van der Waals surface area (Å²) in [6.45, 7) is 2.73. The number of nitrogens with one attached hydrogen (secondary N) is 1. The molecule has 1 unspecified atom stereocenters. The topological polar surface area (TPSA) is 38.3 Å². The van der Waals surface area contributed by atoms with Crippen molar-refractivity contribution in [1.29, 1.82) is 0 Å². The molecule has 0 bridgehead atoms. The highest BCUT2D eigenvalue weighted by Gasteiger charge is 2.40. The fourth-order valence-corrected chi connectivity index (χ4v) is 3.19. The summed E-state index contributed by atoms with van der Waals surface area (Å²) in [6.07, 6.45) is 1.59. The molecule has 1 heterocycles. The van der Waals surface area contributed by atoms with Gasteiger partial charge in [0.15, 0.2) is 0 Å². The van der Waals surface area contributed by atoms with Gasteiger partial charge in [-0.05, 0) is 23.4 Å². The molecule has 0 saturated heterocycles. The first kappa shape index (κ1) is 15.7. The van der Waals surface area contributed by atoms with Gasteiger partial charge in [0.25, 0.3) is 0 Å². The number of hydrogen-bond acceptors (Lipinski definition) is 4. The fourth-order valence-electron chi connectivity index (χ4n) is 2.55. The van der Waals surface area contributed by atoms with Crippen LogP contribution in [0.1, 0.15) is 30.2 Å². The van der Waals surface area contributed by atoms with Crippen LogP contribution in [-0.2, 0) is 21.6 Å². The first-order valence-corrected chi connectivity index (χ1v) is 8.02. The van der Waals surface area contributed by atoms with E-state index in [0.29, 0.717) is 13.0 Å². The molecule has 1 atom stereocenters. The second kappa shape index (κ2) is 7.38. The molecule has 0 aliphatic rings. The lowest BCUT2D eigenvalue weighted by Gasteiger charge is -2.32. The quantitative estimate of drug-likeness (QED) is 0.793. The zero-order valence-electron chi connectivity index (χ0n) is 12.5. The van der Waals surface area contributed by atoms with E-state index in [1.807, 2.05) is 41.8 Å². The average molecular weight is 303 g/mol. The van der Waals surface area contributed by atoms with Crippen LogP contribution >= 0.6 is 11.3 Å². The minimum Gasteiger partial charge on any atom is -0.467 e. The number of ether oxygens (including phenoxy) is 1. The first-order valence-electron chi connectivity index (χ1n) is 7.14. The molecule has 112 valence electrons. The van der Waals surface area contributed by atoms with Crippen molar-refractivity contribution in [3.05, 3.63) is 58.3 Å². The number of thiophene rings is 1. The number of esters is 1. The lowest BCUT2D eigenvalue weighted by atomic mass is 9.85. The molecule has 1 N–H and O–H groups in total. The van der Waals surface area contributed by atoms with E-state index >= 15 is 0 Å². The molecule has 2 rings (SSSR count). The lowest BCUT2D eigenvalue weighted by Crippen LogP contribution is -2.49. The van der Waals surface area contributed by atoms with Gasteiger partial charge in [0.05, 0.1) is 7.11 Å². The Bertz CT molecular complexity index is 553. The summed E-state index contributed by atoms with van der Waals surface area (Å²) in [4.78, 5) is 13.7. The van der Waals surface area contributed by atoms with Crippen LogP contribution < -0.4 is 5.32 Å². The Hall–Kier alpha value is -1.65. The van der Waals surface area contributed by atoms with Crippen LogP contribution in [0.15, 0.2) is 47.8 Å². The van der Waals surface area contributed by atoms with E-state index in [1.54, 1.807) is 11.3 Å². The van der Waals surface area contributed by atoms with Crippen LogP contribution in [-0.4, -0.2) is 13.1 Å². The molecule has 21 heavy (non-hydrogen) atoms. The minimum absolute atomic E-state index is 0.230. The van der Waals surface area contributed by atoms with Gasteiger partial charge in [0.2, 0.25) is 0 Å². The van der Waals surface area contributed by atoms with E-state index in [0.717, 1.165) is 12.0 Å². The van der Waals surface area contributed by atoms with Gasteiger partial charge in [0.1, 0.15) is 5.54 Å². The van der Waals surface area contributed by atoms with E-state index in [9.17, 15) is 4.79 Å². The summed E-state index contributed by atoms with van der Waals surface area (Å²) in [6, 6.07) is 13.9. The zero-order valence-corrected chi connectivity index (χ0v) is 13.3. The molecule has 1 aromatic carbocycles. The summed E-state index contributed by atoms with van der Waals surface area (Å²) in [5, 5.41) is 5.48. The Morgan fingerprint density at radius 3 is 2.57 bits per heavy atom. The van der Waals surface area contributed by atoms with Crippen LogP contribution in [0.4, 0.5) is 0 Å². The standard InChI is InChI=1S/C17H21NO2S/c1-3-11-17(16(19)20-2,14-8-5-4-6-9-14)18-13-15-10-7-12-21-15/h4-10,12,18H,3,11,13H2,1-2H3. The predicted molar refractivity (Wildman–Crippen MR) is 86.2 cm³/mol. The normalized spacial score (nSPS) is 13.6. The Morgan fingerprint density at radius 1 is 1.24 bits per heavy atom. The third-order valence-corrected chi connectivity index (χ3v) is 4.45. The average Bonchev–Trinajstić information content (AvgIpc) is 3.05. The van der Waals surface area contributed by atoms with Crippen molar-refractivity contribution in [2.75, 3.05) is 7.11 Å². The molecule has 3 nitrogen and oxygen atoms in total. The highest BCUT2D eigenvalue weighted by Crippen LogP contribution is 2.29. The van der Waals surface area contributed by atoms with Gasteiger partial charge in [0, 0.05) is 11.4 Å². The van der Waals surface area contributed by atoms with Gasteiger partial charge >= 0.3 is 5.97 Å². The Morgan fingerprint density at radius 2 is 2.00 bits per heavy atom. The molecule has 0 aliphatic heterocycles. The minimum atomic E-state index is -0.783. The van der Waals surface area contributed by atoms with E-state index in [1.165, 1.54) is 12.0 Å². The maximum absolute atomic E-state index is 12.5. The highest BCUT2D eigenvalue weighted by atomic mass is 32.1. The smallest absolute Gasteiger partial charge is 0.330 e. The van der Waals surface area contributed by atoms with Crippen LogP contribution in [0.5, 0.6) is 0 Å². The van der Waals surface area contributed by atoms with Crippen molar-refractivity contribution in [3.63, 3.8) is 0 Å². The number of methoxy groups -OCH3 is 1. The van der Waals surface area contributed by atoms with E-state index in [4.69, 9.17) is 4.74 Å². The van der Waals surface area contributed by atoms with Gasteiger partial charge in [-0.1, -0.05) is 49.7 Å². The summed E-state index contributed by atoms with van der Waals surface area (Å²) < 4.78 is 5.09. The van der Waals surface area contributed by atoms with Crippen molar-refractivity contribution in [2.24, 2.45) is 0 Å². The molecule has 0 spiro atoms. The van der Waals surface area contributed by atoms with Crippen molar-refractivity contribution in [3.8, 4) is 0 Å². The summed E-state index contributed by atoms with van der Waals surface area (Å²) in [5.74, 6) is -0.230. The van der Waals surface area contributed by atoms with Crippen LogP contribution in [0.25, 0.3) is 0 Å². The van der Waals surface area contributed by atoms with Crippen LogP contribution in [0.3, 0.4) is 0 Å². The zero-order chi connectivity index (χ0) is 15.1. The Balaban J connectivity index is 2.33. The van der Waals surface area contributed by atoms with Crippen LogP contribution in [0.2, 0.25) is 0 Å². The maximum Gasteiger partial charge on any atom is 0.330 e. The number of carbonyl (C=O) groups is 1. The highest BCUT2D eigenvalue weighted by molar-refractivity contribution is 7.09. The molecule has 0 saturated carbocycles. The SMILES string of the molecule is CCCC(NCc1cccs1)(C(=O)OC)c1ccccc1. The fraction of sp³-hybridized carbons (Fsp3) is 0.353. The molecule has 4 heteroatoms. The molecule has 0 aliphatic carbocycles. The maximum atomic E-state index is 12.5. The summed E-state index contributed by atoms with van der Waals surface area (Å²) >= 11 is 1.68. The van der Waals surface area contributed by atoms with Crippen molar-refractivity contribution in [1.82, 2.24) is 5.32 Å². The summed E-state index contributed by atoms with van der Waals surface area (Å²) in [7, 11) is 1.45. The van der Waals surface area contributed by atoms with E-state index < -0.39 is 5.54 Å². The van der Waals surface area contributed by atoms with Gasteiger partial charge in [-0.15, -0.1) is 11.3 Å². The van der Waals surface area contributed by atoms with E-state index in [-0.39, 0.29) is 5.97 Å². The summed E-state index contributed by atoms with van der Waals surface area (Å²) in [5.41, 5.74) is 0.171. The third-order valence-electron chi connectivity index (χ3n) is 3.57. The van der Waals surface area contributed by atoms with Gasteiger partial charge in [-0.2, -0.15) is 0 Å². The van der Waals surface area contributed by atoms with Gasteiger partial charge < -0.3 is 4.74 Å². The van der Waals surface area contributed by atoms with Crippen molar-refractivity contribution in [2.45, 2.75) is 31.8 Å². The Kier molecular flexibility index (Phi) is 5.53. The molecule has 0 fully saturated rings. The van der Waals surface area contributed by atoms with Crippen LogP contribution in [0, 0.1) is 0 Å². The molecular formula is C17H21NO2S. The number of benzene rings is 1. The second-order valence-electron chi connectivity index (χ2n) is 4.95.